The number of benzene rings is 1. The normalized spacial score (nSPS) is 17.0. The number of guanidine groups is 1. The monoisotopic (exact) mass is 1250 g/mol. The molecule has 0 saturated carbocycles. The topological polar surface area (TPSA) is 502 Å². The van der Waals surface area contributed by atoms with E-state index in [2.05, 4.69) is 70.8 Å². The lowest BCUT2D eigenvalue weighted by molar-refractivity contribution is -0.141. The molecule has 20 N–H and O–H groups in total. The molecule has 33 heteroatoms. The first-order valence-electron chi connectivity index (χ1n) is 27.9. The average molecular weight is 1250 g/mol. The van der Waals surface area contributed by atoms with Crippen molar-refractivity contribution in [3.8, 4) is 0 Å². The Morgan fingerprint density at radius 1 is 0.674 bits per heavy atom. The Balaban J connectivity index is 2.30. The number of likely N-dealkylation sites (tertiary alicyclic amines) is 1. The van der Waals surface area contributed by atoms with Gasteiger partial charge >= 0.3 is 0 Å². The lowest BCUT2D eigenvalue weighted by Gasteiger charge is -2.29. The number of thioether (sulfide) groups is 1. The summed E-state index contributed by atoms with van der Waals surface area (Å²) in [4.78, 5) is 178. The number of aliphatic imine (C=N–C) groups is 1. The predicted molar refractivity (Wildman–Crippen MR) is 319 cm³/mol. The van der Waals surface area contributed by atoms with Crippen LogP contribution in [-0.2, 0) is 68.7 Å². The fourth-order valence-electron chi connectivity index (χ4n) is 8.73. The Hall–Kier alpha value is -7.78. The first kappa shape index (κ1) is 74.3. The molecule has 0 bridgehead atoms. The second-order valence-corrected chi connectivity index (χ2v) is 22.0. The van der Waals surface area contributed by atoms with E-state index in [4.69, 9.17) is 22.9 Å². The molecule has 1 aromatic rings. The van der Waals surface area contributed by atoms with Gasteiger partial charge in [0.2, 0.25) is 76.8 Å². The third-order valence-corrected chi connectivity index (χ3v) is 14.6. The Kier molecular flexibility index (Phi) is 32.5. The third-order valence-electron chi connectivity index (χ3n) is 13.6. The van der Waals surface area contributed by atoms with Crippen molar-refractivity contribution in [3.05, 3.63) is 35.9 Å². The first-order chi connectivity index (χ1) is 40.4. The number of primary amides is 2. The van der Waals surface area contributed by atoms with Crippen LogP contribution >= 0.6 is 24.4 Å². The van der Waals surface area contributed by atoms with E-state index in [0.29, 0.717) is 24.2 Å². The van der Waals surface area contributed by atoms with Crippen LogP contribution in [0.4, 0.5) is 0 Å². The highest BCUT2D eigenvalue weighted by Crippen LogP contribution is 2.20. The van der Waals surface area contributed by atoms with Crippen LogP contribution in [-0.4, -0.2) is 208 Å². The van der Waals surface area contributed by atoms with E-state index in [1.165, 1.54) is 30.5 Å². The van der Waals surface area contributed by atoms with Gasteiger partial charge in [-0.15, -0.1) is 0 Å². The molecule has 1 saturated heterocycles. The summed E-state index contributed by atoms with van der Waals surface area (Å²) < 4.78 is 0. The zero-order valence-corrected chi connectivity index (χ0v) is 51.1. The first-order valence-corrected chi connectivity index (χ1v) is 29.9. The number of aliphatic hydroxyl groups is 2. The van der Waals surface area contributed by atoms with Crippen LogP contribution in [0.15, 0.2) is 35.3 Å². The fourth-order valence-corrected chi connectivity index (χ4v) is 9.46. The van der Waals surface area contributed by atoms with Crippen molar-refractivity contribution >= 4 is 107 Å². The number of nitrogens with zero attached hydrogens (tertiary/aromatic N) is 2. The number of aliphatic hydroxyl groups excluding tert-OH is 2. The van der Waals surface area contributed by atoms with Crippen LogP contribution in [0.25, 0.3) is 0 Å². The van der Waals surface area contributed by atoms with E-state index in [1.807, 2.05) is 0 Å². The molecule has 31 nitrogen and oxygen atoms in total. The quantitative estimate of drug-likeness (QED) is 0.0128. The van der Waals surface area contributed by atoms with Crippen molar-refractivity contribution in [1.82, 2.24) is 58.1 Å². The second-order valence-electron chi connectivity index (χ2n) is 20.7. The summed E-state index contributed by atoms with van der Waals surface area (Å²) in [6.45, 7) is 7.85. The standard InChI is InChI=1S/C53H86N16O15S2/c1-8-26(2)40(49(81)65-36(25-85)47(79)67-42(29(5)71)51(83)68-41(28(4)70)50(82)63-34(43(55)75)23-38(54)73)66-39(74)24-59-44(76)33(18-21-86-7)62-45(77)32(16-12-19-58-53(56)57)61-46(78)35(22-31-14-10-9-11-15-31)64-48(80)37-17-13-20-69(37)52(84)27(3)60-30(6)72/h9-11,14-15,26-29,32-37,40-42,70-71,85H,8,12-13,16-25H2,1-7H3,(H2,54,73)(H2,55,75)(H,59,76)(H,60,72)(H,61,78)(H,62,77)(H,63,82)(H,64,80)(H,65,81)(H,66,74)(H,67,79)(H,68,83)(H4,56,57,58)/t26-,27-,28+,29+,32-,33-,34-,35-,36-,37-,40-,41-,42-/m0/s1. The van der Waals surface area contributed by atoms with Crippen LogP contribution in [0, 0.1) is 5.92 Å². The lowest BCUT2D eigenvalue weighted by atomic mass is 9.98. The average Bonchev–Trinajstić information content (AvgIpc) is 3.66. The van der Waals surface area contributed by atoms with Crippen molar-refractivity contribution in [1.29, 1.82) is 0 Å². The molecule has 1 aliphatic heterocycles. The second kappa shape index (κ2) is 37.6. The van der Waals surface area contributed by atoms with Gasteiger partial charge in [0.15, 0.2) is 5.96 Å². The summed E-state index contributed by atoms with van der Waals surface area (Å²) in [5.41, 5.74) is 22.1. The number of nitrogens with two attached hydrogens (primary N) is 4. The summed E-state index contributed by atoms with van der Waals surface area (Å²) >= 11 is 5.52. The van der Waals surface area contributed by atoms with Crippen LogP contribution in [0.1, 0.15) is 92.1 Å². The lowest BCUT2D eigenvalue weighted by Crippen LogP contribution is -2.63. The van der Waals surface area contributed by atoms with Gasteiger partial charge in [0.05, 0.1) is 25.2 Å². The van der Waals surface area contributed by atoms with Gasteiger partial charge in [-0.1, -0.05) is 50.6 Å². The molecule has 0 spiro atoms. The van der Waals surface area contributed by atoms with Crippen molar-refractivity contribution in [2.45, 2.75) is 166 Å². The van der Waals surface area contributed by atoms with Gasteiger partial charge in [-0.3, -0.25) is 67.3 Å². The molecule has 2 rings (SSSR count). The maximum atomic E-state index is 14.4. The maximum Gasteiger partial charge on any atom is 0.245 e. The molecule has 0 aliphatic carbocycles. The molecule has 0 aromatic heterocycles. The molecule has 0 radical (unpaired) electrons. The van der Waals surface area contributed by atoms with Gasteiger partial charge < -0.3 is 91.2 Å². The summed E-state index contributed by atoms with van der Waals surface area (Å²) in [7, 11) is 0. The number of carbonyl (C=O) groups is 13. The zero-order chi connectivity index (χ0) is 65.0. The van der Waals surface area contributed by atoms with Crippen LogP contribution in [0.3, 0.4) is 0 Å². The molecule has 13 amide bonds. The van der Waals surface area contributed by atoms with E-state index in [9.17, 15) is 72.5 Å². The third kappa shape index (κ3) is 25.4. The maximum absolute atomic E-state index is 14.4. The van der Waals surface area contributed by atoms with E-state index in [0.717, 1.165) is 13.8 Å². The van der Waals surface area contributed by atoms with Crippen LogP contribution in [0.5, 0.6) is 0 Å². The highest BCUT2D eigenvalue weighted by Gasteiger charge is 2.40. The van der Waals surface area contributed by atoms with Crippen LogP contribution < -0.4 is 76.1 Å². The van der Waals surface area contributed by atoms with Gasteiger partial charge in [0.25, 0.3) is 0 Å². The Morgan fingerprint density at radius 2 is 1.21 bits per heavy atom. The number of carbonyl (C=O) groups excluding carboxylic acids is 13. The van der Waals surface area contributed by atoms with E-state index in [-0.39, 0.29) is 51.2 Å². The summed E-state index contributed by atoms with van der Waals surface area (Å²) in [5.74, 6) is -12.2. The molecule has 480 valence electrons. The smallest absolute Gasteiger partial charge is 0.245 e. The molecule has 0 unspecified atom stereocenters. The van der Waals surface area contributed by atoms with Crippen molar-refractivity contribution in [2.75, 3.05) is 37.4 Å². The molecular weight excluding hydrogens is 1160 g/mol. The molecule has 86 heavy (non-hydrogen) atoms. The summed E-state index contributed by atoms with van der Waals surface area (Å²) in [5, 5.41) is 45.5. The van der Waals surface area contributed by atoms with Crippen LogP contribution in [0.2, 0.25) is 0 Å². The molecule has 1 aliphatic rings. The number of amides is 13. The highest BCUT2D eigenvalue weighted by atomic mass is 32.2. The van der Waals surface area contributed by atoms with Gasteiger partial charge in [-0.25, -0.2) is 0 Å². The minimum Gasteiger partial charge on any atom is -0.391 e. The number of hydrogen-bond acceptors (Lipinski definition) is 18. The number of rotatable bonds is 37. The Bertz CT molecular complexity index is 2560. The number of hydrogen-bond donors (Lipinski definition) is 17. The molecule has 1 fully saturated rings. The van der Waals surface area contributed by atoms with Gasteiger partial charge in [-0.2, -0.15) is 24.4 Å². The zero-order valence-electron chi connectivity index (χ0n) is 49.3. The minimum atomic E-state index is -1.83. The van der Waals surface area contributed by atoms with Gasteiger partial charge in [-0.05, 0) is 76.4 Å². The van der Waals surface area contributed by atoms with Crippen molar-refractivity contribution in [2.24, 2.45) is 33.8 Å². The van der Waals surface area contributed by atoms with E-state index in [1.54, 1.807) is 50.4 Å². The number of nitrogens with one attached hydrogen (secondary N) is 10. The molecular formula is C53H86N16O15S2. The van der Waals surface area contributed by atoms with Crippen molar-refractivity contribution < 1.29 is 72.5 Å². The minimum absolute atomic E-state index is 0.0355. The van der Waals surface area contributed by atoms with E-state index >= 15 is 0 Å². The molecule has 1 heterocycles. The highest BCUT2D eigenvalue weighted by molar-refractivity contribution is 7.98. The Labute approximate surface area is 508 Å². The number of thiol groups is 1. The predicted octanol–water partition coefficient (Wildman–Crippen LogP) is -6.36. The van der Waals surface area contributed by atoms with E-state index < -0.39 is 174 Å². The fraction of sp³-hybridized carbons (Fsp3) is 0.623. The molecule has 1 aromatic carbocycles. The Morgan fingerprint density at radius 3 is 1.74 bits per heavy atom. The molecule has 13 atom stereocenters. The SMILES string of the molecule is CC[C@H](C)[C@H](NC(=O)CNC(=O)[C@H](CCSC)NC(=O)[C@H](CCCN=C(N)N)NC(=O)[C@H](Cc1ccccc1)NC(=O)[C@@H]1CCCN1C(=O)[C@H](C)NC(C)=O)C(=O)N[C@@H](CS)C(=O)N[C@H](C(=O)N[C@H](C(=O)N[C@@H](CC(N)=O)C(N)=O)[C@@H](C)O)[C@@H](C)O. The van der Waals surface area contributed by atoms with Crippen molar-refractivity contribution in [3.63, 3.8) is 0 Å². The largest absolute Gasteiger partial charge is 0.391 e. The van der Waals surface area contributed by atoms with Gasteiger partial charge in [0.1, 0.15) is 60.4 Å². The summed E-state index contributed by atoms with van der Waals surface area (Å²) in [6, 6.07) is -5.25. The summed E-state index contributed by atoms with van der Waals surface area (Å²) in [6.07, 6.45) is -1.11. The van der Waals surface area contributed by atoms with Gasteiger partial charge in [0, 0.05) is 32.2 Å².